The van der Waals surface area contributed by atoms with Gasteiger partial charge in [0.25, 0.3) is 0 Å². The van der Waals surface area contributed by atoms with E-state index in [1.807, 2.05) is 10.9 Å². The monoisotopic (exact) mass is 235 g/mol. The second kappa shape index (κ2) is 5.87. The summed E-state index contributed by atoms with van der Waals surface area (Å²) in [6, 6.07) is 0.721. The Morgan fingerprint density at radius 2 is 2.47 bits per heavy atom. The predicted molar refractivity (Wildman–Crippen MR) is 68.2 cm³/mol. The van der Waals surface area contributed by atoms with E-state index in [-0.39, 0.29) is 0 Å². The van der Waals surface area contributed by atoms with Gasteiger partial charge in [0.05, 0.1) is 12.4 Å². The van der Waals surface area contributed by atoms with E-state index in [9.17, 15) is 0 Å². The zero-order valence-electron chi connectivity index (χ0n) is 10.5. The molecule has 1 heterocycles. The van der Waals surface area contributed by atoms with E-state index >= 15 is 0 Å². The van der Waals surface area contributed by atoms with Crippen LogP contribution in [0, 0.1) is 0 Å². The first-order valence-corrected chi connectivity index (χ1v) is 6.33. The lowest BCUT2D eigenvalue weighted by molar-refractivity contribution is 0.347. The molecule has 17 heavy (non-hydrogen) atoms. The van der Waals surface area contributed by atoms with E-state index in [1.54, 1.807) is 6.20 Å². The smallest absolute Gasteiger partial charge is 0.157 e. The second-order valence-electron chi connectivity index (χ2n) is 4.63. The molecule has 1 aromatic heterocycles. The van der Waals surface area contributed by atoms with Gasteiger partial charge in [0.1, 0.15) is 6.61 Å². The van der Waals surface area contributed by atoms with Gasteiger partial charge in [-0.15, -0.1) is 0 Å². The van der Waals surface area contributed by atoms with Crippen LogP contribution in [0.15, 0.2) is 24.5 Å². The molecule has 4 heteroatoms. The summed E-state index contributed by atoms with van der Waals surface area (Å²) in [6.45, 7) is 8.49. The Kier molecular flexibility index (Phi) is 4.20. The minimum atomic E-state index is 0.567. The normalized spacial score (nSPS) is 14.9. The van der Waals surface area contributed by atoms with Gasteiger partial charge in [-0.2, -0.15) is 5.10 Å². The van der Waals surface area contributed by atoms with Crippen LogP contribution < -0.4 is 10.1 Å². The Balaban J connectivity index is 1.66. The van der Waals surface area contributed by atoms with Crippen LogP contribution in [0.4, 0.5) is 0 Å². The highest BCUT2D eigenvalue weighted by atomic mass is 16.5. The third-order valence-electron chi connectivity index (χ3n) is 2.72. The van der Waals surface area contributed by atoms with Gasteiger partial charge in [-0.25, -0.2) is 0 Å². The standard InChI is InChI=1S/C13H21N3O/c1-3-6-16-9-13(8-15-16)17-10-11(2)7-14-12-4-5-12/h8-9,12,14H,2-7,10H2,1H3. The van der Waals surface area contributed by atoms with E-state index in [2.05, 4.69) is 23.9 Å². The first-order valence-electron chi connectivity index (χ1n) is 6.33. The minimum absolute atomic E-state index is 0.567. The Bertz CT molecular complexity index is 368. The zero-order valence-corrected chi connectivity index (χ0v) is 10.5. The molecule has 1 aromatic rings. The number of ether oxygens (including phenoxy) is 1. The number of hydrogen-bond acceptors (Lipinski definition) is 3. The lowest BCUT2D eigenvalue weighted by atomic mass is 10.3. The minimum Gasteiger partial charge on any atom is -0.486 e. The molecule has 0 aliphatic heterocycles. The van der Waals surface area contributed by atoms with Crippen molar-refractivity contribution in [1.29, 1.82) is 0 Å². The predicted octanol–water partition coefficient (Wildman–Crippen LogP) is 1.98. The van der Waals surface area contributed by atoms with Gasteiger partial charge in [-0.05, 0) is 24.8 Å². The summed E-state index contributed by atoms with van der Waals surface area (Å²) in [5.41, 5.74) is 1.08. The first kappa shape index (κ1) is 12.2. The Morgan fingerprint density at radius 1 is 1.65 bits per heavy atom. The summed E-state index contributed by atoms with van der Waals surface area (Å²) in [5.74, 6) is 0.825. The highest BCUT2D eigenvalue weighted by molar-refractivity contribution is 5.13. The molecule has 1 fully saturated rings. The van der Waals surface area contributed by atoms with Gasteiger partial charge in [-0.3, -0.25) is 4.68 Å². The average molecular weight is 235 g/mol. The van der Waals surface area contributed by atoms with Crippen molar-refractivity contribution in [2.24, 2.45) is 0 Å². The van der Waals surface area contributed by atoms with E-state index in [1.165, 1.54) is 12.8 Å². The lowest BCUT2D eigenvalue weighted by Gasteiger charge is -2.07. The van der Waals surface area contributed by atoms with Crippen molar-refractivity contribution in [3.8, 4) is 5.75 Å². The molecular weight excluding hydrogens is 214 g/mol. The molecule has 0 amide bonds. The number of hydrogen-bond donors (Lipinski definition) is 1. The molecule has 0 bridgehead atoms. The molecule has 0 radical (unpaired) electrons. The summed E-state index contributed by atoms with van der Waals surface area (Å²) in [7, 11) is 0. The summed E-state index contributed by atoms with van der Waals surface area (Å²) < 4.78 is 7.53. The van der Waals surface area contributed by atoms with Gasteiger partial charge in [0.15, 0.2) is 5.75 Å². The van der Waals surface area contributed by atoms with Crippen LogP contribution in [0.2, 0.25) is 0 Å². The molecule has 1 aliphatic carbocycles. The van der Waals surface area contributed by atoms with Crippen molar-refractivity contribution < 1.29 is 4.74 Å². The van der Waals surface area contributed by atoms with Crippen molar-refractivity contribution >= 4 is 0 Å². The van der Waals surface area contributed by atoms with E-state index < -0.39 is 0 Å². The Labute approximate surface area is 103 Å². The molecule has 4 nitrogen and oxygen atoms in total. The van der Waals surface area contributed by atoms with Crippen LogP contribution >= 0.6 is 0 Å². The SMILES string of the molecule is C=C(CNC1CC1)COc1cnn(CCC)c1. The number of nitrogens with one attached hydrogen (secondary N) is 1. The lowest BCUT2D eigenvalue weighted by Crippen LogP contribution is -2.21. The van der Waals surface area contributed by atoms with Crippen molar-refractivity contribution in [3.63, 3.8) is 0 Å². The molecular formula is C13H21N3O. The van der Waals surface area contributed by atoms with Gasteiger partial charge < -0.3 is 10.1 Å². The van der Waals surface area contributed by atoms with Crippen molar-refractivity contribution in [3.05, 3.63) is 24.5 Å². The van der Waals surface area contributed by atoms with Crippen LogP contribution in [0.25, 0.3) is 0 Å². The first-order chi connectivity index (χ1) is 8.28. The molecule has 94 valence electrons. The Morgan fingerprint density at radius 3 is 3.18 bits per heavy atom. The molecule has 0 saturated heterocycles. The maximum atomic E-state index is 5.62. The second-order valence-corrected chi connectivity index (χ2v) is 4.63. The summed E-state index contributed by atoms with van der Waals surface area (Å²) in [4.78, 5) is 0. The van der Waals surface area contributed by atoms with E-state index in [0.29, 0.717) is 6.61 Å². The van der Waals surface area contributed by atoms with Gasteiger partial charge in [0.2, 0.25) is 0 Å². The molecule has 0 aromatic carbocycles. The van der Waals surface area contributed by atoms with Crippen LogP contribution in [-0.4, -0.2) is 29.0 Å². The van der Waals surface area contributed by atoms with Crippen LogP contribution in [0.5, 0.6) is 5.75 Å². The fourth-order valence-electron chi connectivity index (χ4n) is 1.58. The molecule has 2 rings (SSSR count). The number of aryl methyl sites for hydroxylation is 1. The average Bonchev–Trinajstić information content (AvgIpc) is 3.05. The number of nitrogens with zero attached hydrogens (tertiary/aromatic N) is 2. The maximum Gasteiger partial charge on any atom is 0.157 e. The van der Waals surface area contributed by atoms with Gasteiger partial charge in [0, 0.05) is 19.1 Å². The highest BCUT2D eigenvalue weighted by Gasteiger charge is 2.20. The van der Waals surface area contributed by atoms with Crippen LogP contribution in [-0.2, 0) is 6.54 Å². The van der Waals surface area contributed by atoms with Crippen LogP contribution in [0.3, 0.4) is 0 Å². The molecule has 1 aliphatic rings. The van der Waals surface area contributed by atoms with Crippen molar-refractivity contribution in [1.82, 2.24) is 15.1 Å². The summed E-state index contributed by atoms with van der Waals surface area (Å²) in [6.07, 6.45) is 7.39. The van der Waals surface area contributed by atoms with E-state index in [0.717, 1.165) is 36.9 Å². The topological polar surface area (TPSA) is 39.1 Å². The molecule has 1 N–H and O–H groups in total. The molecule has 1 saturated carbocycles. The van der Waals surface area contributed by atoms with Crippen molar-refractivity contribution in [2.75, 3.05) is 13.2 Å². The maximum absolute atomic E-state index is 5.62. The van der Waals surface area contributed by atoms with Gasteiger partial charge in [-0.1, -0.05) is 13.5 Å². The summed E-state index contributed by atoms with van der Waals surface area (Å²) in [5, 5.41) is 7.63. The number of aromatic nitrogens is 2. The molecule has 0 spiro atoms. The third-order valence-corrected chi connectivity index (χ3v) is 2.72. The zero-order chi connectivity index (χ0) is 12.1. The van der Waals surface area contributed by atoms with Crippen LogP contribution in [0.1, 0.15) is 26.2 Å². The molecule has 0 atom stereocenters. The fraction of sp³-hybridized carbons (Fsp3) is 0.615. The Hall–Kier alpha value is -1.29. The quantitative estimate of drug-likeness (QED) is 0.700. The summed E-state index contributed by atoms with van der Waals surface area (Å²) >= 11 is 0. The third kappa shape index (κ3) is 4.23. The van der Waals surface area contributed by atoms with Gasteiger partial charge >= 0.3 is 0 Å². The van der Waals surface area contributed by atoms with E-state index in [4.69, 9.17) is 4.74 Å². The molecule has 0 unspecified atom stereocenters. The largest absolute Gasteiger partial charge is 0.486 e. The van der Waals surface area contributed by atoms with Crippen molar-refractivity contribution in [2.45, 2.75) is 38.8 Å². The fourth-order valence-corrected chi connectivity index (χ4v) is 1.58. The number of rotatable bonds is 8. The highest BCUT2D eigenvalue weighted by Crippen LogP contribution is 2.18.